The van der Waals surface area contributed by atoms with Crippen molar-refractivity contribution in [2.75, 3.05) is 20.6 Å². The van der Waals surface area contributed by atoms with E-state index >= 15 is 0 Å². The summed E-state index contributed by atoms with van der Waals surface area (Å²) in [6, 6.07) is 2.49. The van der Waals surface area contributed by atoms with Gasteiger partial charge in [0.2, 0.25) is 0 Å². The van der Waals surface area contributed by atoms with Crippen LogP contribution in [-0.4, -0.2) is 35.0 Å². The molecule has 0 saturated heterocycles. The summed E-state index contributed by atoms with van der Waals surface area (Å²) in [6.45, 7) is 2.72. The number of nitro groups is 1. The Morgan fingerprint density at radius 2 is 2.06 bits per heavy atom. The molecule has 0 atom stereocenters. The van der Waals surface area contributed by atoms with Gasteiger partial charge >= 0.3 is 0 Å². The molecule has 0 amide bonds. The molecular weight excluding hydrogens is 210 g/mol. The van der Waals surface area contributed by atoms with Crippen LogP contribution in [-0.2, 0) is 6.54 Å². The maximum atomic E-state index is 11.5. The smallest absolute Gasteiger partial charge is 0.288 e. The first kappa shape index (κ1) is 12.4. The Morgan fingerprint density at radius 1 is 1.44 bits per heavy atom. The first-order chi connectivity index (χ1) is 7.43. The summed E-state index contributed by atoms with van der Waals surface area (Å²) in [7, 11) is 3.77. The fourth-order valence-electron chi connectivity index (χ4n) is 1.44. The lowest BCUT2D eigenvalue weighted by molar-refractivity contribution is -0.386. The average Bonchev–Trinajstić information content (AvgIpc) is 2.16. The van der Waals surface area contributed by atoms with Crippen LogP contribution < -0.4 is 5.56 Å². The van der Waals surface area contributed by atoms with Gasteiger partial charge in [0.05, 0.1) is 10.6 Å². The highest BCUT2D eigenvalue weighted by Crippen LogP contribution is 2.14. The van der Waals surface area contributed by atoms with E-state index in [4.69, 9.17) is 0 Å². The van der Waals surface area contributed by atoms with Crippen LogP contribution >= 0.6 is 0 Å². The molecule has 0 fully saturated rings. The number of hydrogen-bond donors (Lipinski definition) is 0. The van der Waals surface area contributed by atoms with Gasteiger partial charge in [-0.1, -0.05) is 0 Å². The number of nitrogens with zero attached hydrogens (tertiary/aromatic N) is 3. The Labute approximate surface area is 93.3 Å². The molecule has 6 heteroatoms. The van der Waals surface area contributed by atoms with E-state index in [0.29, 0.717) is 18.8 Å². The Hall–Kier alpha value is -1.69. The molecule has 0 aliphatic carbocycles. The SMILES string of the molecule is Cc1c([N+](=O)[O-])ccc(=O)n1CCN(C)C. The van der Waals surface area contributed by atoms with Crippen molar-refractivity contribution >= 4 is 5.69 Å². The third kappa shape index (κ3) is 2.66. The number of hydrogen-bond acceptors (Lipinski definition) is 4. The van der Waals surface area contributed by atoms with Crippen molar-refractivity contribution < 1.29 is 4.92 Å². The number of likely N-dealkylation sites (N-methyl/N-ethyl adjacent to an activating group) is 1. The lowest BCUT2D eigenvalue weighted by Crippen LogP contribution is -2.28. The molecule has 88 valence electrons. The van der Waals surface area contributed by atoms with Gasteiger partial charge in [0.15, 0.2) is 0 Å². The molecule has 0 bridgehead atoms. The molecule has 0 radical (unpaired) electrons. The molecule has 1 rings (SSSR count). The molecule has 0 N–H and O–H groups in total. The van der Waals surface area contributed by atoms with Crippen molar-refractivity contribution in [3.63, 3.8) is 0 Å². The van der Waals surface area contributed by atoms with Crippen LogP contribution in [0.3, 0.4) is 0 Å². The van der Waals surface area contributed by atoms with Gasteiger partial charge in [-0.15, -0.1) is 0 Å². The average molecular weight is 225 g/mol. The van der Waals surface area contributed by atoms with Crippen molar-refractivity contribution in [1.82, 2.24) is 9.47 Å². The van der Waals surface area contributed by atoms with Crippen LogP contribution in [0.4, 0.5) is 5.69 Å². The Balaban J connectivity index is 3.11. The molecule has 1 heterocycles. The zero-order chi connectivity index (χ0) is 12.3. The molecule has 1 aromatic heterocycles. The second kappa shape index (κ2) is 4.89. The third-order valence-electron chi connectivity index (χ3n) is 2.39. The maximum Gasteiger partial charge on any atom is 0.288 e. The summed E-state index contributed by atoms with van der Waals surface area (Å²) in [5.41, 5.74) is 0.183. The summed E-state index contributed by atoms with van der Waals surface area (Å²) >= 11 is 0. The Bertz CT molecular complexity index is 451. The summed E-state index contributed by atoms with van der Waals surface area (Å²) in [5.74, 6) is 0. The molecule has 6 nitrogen and oxygen atoms in total. The molecule has 1 aromatic rings. The molecule has 0 aliphatic rings. The van der Waals surface area contributed by atoms with Gasteiger partial charge in [0, 0.05) is 25.2 Å². The monoisotopic (exact) mass is 225 g/mol. The van der Waals surface area contributed by atoms with Gasteiger partial charge < -0.3 is 9.47 Å². The minimum Gasteiger partial charge on any atom is -0.308 e. The molecule has 0 spiro atoms. The van der Waals surface area contributed by atoms with E-state index < -0.39 is 4.92 Å². The minimum atomic E-state index is -0.471. The predicted octanol–water partition coefficient (Wildman–Crippen LogP) is 0.627. The van der Waals surface area contributed by atoms with E-state index in [1.165, 1.54) is 16.7 Å². The quantitative estimate of drug-likeness (QED) is 0.556. The summed E-state index contributed by atoms with van der Waals surface area (Å²) < 4.78 is 1.43. The standard InChI is InChI=1S/C10H15N3O3/c1-8-9(13(15)16)4-5-10(14)12(8)7-6-11(2)3/h4-5H,6-7H2,1-3H3. The largest absolute Gasteiger partial charge is 0.308 e. The van der Waals surface area contributed by atoms with Crippen molar-refractivity contribution in [3.05, 3.63) is 38.3 Å². The fourth-order valence-corrected chi connectivity index (χ4v) is 1.44. The van der Waals surface area contributed by atoms with Crippen LogP contribution in [0, 0.1) is 17.0 Å². The van der Waals surface area contributed by atoms with E-state index in [1.54, 1.807) is 6.92 Å². The van der Waals surface area contributed by atoms with E-state index in [0.717, 1.165) is 0 Å². The second-order valence-corrected chi connectivity index (χ2v) is 3.85. The molecule has 0 aliphatic heterocycles. The number of pyridine rings is 1. The van der Waals surface area contributed by atoms with E-state index in [-0.39, 0.29) is 11.2 Å². The highest BCUT2D eigenvalue weighted by Gasteiger charge is 2.14. The highest BCUT2D eigenvalue weighted by molar-refractivity contribution is 5.34. The molecule has 0 aromatic carbocycles. The summed E-state index contributed by atoms with van der Waals surface area (Å²) in [4.78, 5) is 23.7. The van der Waals surface area contributed by atoms with Gasteiger partial charge in [0.1, 0.15) is 0 Å². The fraction of sp³-hybridized carbons (Fsp3) is 0.500. The maximum absolute atomic E-state index is 11.5. The number of aromatic nitrogens is 1. The lowest BCUT2D eigenvalue weighted by Gasteiger charge is -2.13. The summed E-state index contributed by atoms with van der Waals surface area (Å²) in [5, 5.41) is 10.7. The second-order valence-electron chi connectivity index (χ2n) is 3.85. The van der Waals surface area contributed by atoms with Crippen molar-refractivity contribution in [2.24, 2.45) is 0 Å². The third-order valence-corrected chi connectivity index (χ3v) is 2.39. The van der Waals surface area contributed by atoms with Crippen LogP contribution in [0.1, 0.15) is 5.69 Å². The van der Waals surface area contributed by atoms with Gasteiger partial charge in [-0.25, -0.2) is 0 Å². The van der Waals surface area contributed by atoms with Crippen LogP contribution in [0.15, 0.2) is 16.9 Å². The number of rotatable bonds is 4. The van der Waals surface area contributed by atoms with Gasteiger partial charge in [-0.05, 0) is 21.0 Å². The topological polar surface area (TPSA) is 68.4 Å². The van der Waals surface area contributed by atoms with E-state index in [2.05, 4.69) is 0 Å². The van der Waals surface area contributed by atoms with Crippen molar-refractivity contribution in [1.29, 1.82) is 0 Å². The van der Waals surface area contributed by atoms with Crippen LogP contribution in [0.25, 0.3) is 0 Å². The minimum absolute atomic E-state index is 0.0154. The lowest BCUT2D eigenvalue weighted by atomic mass is 10.3. The van der Waals surface area contributed by atoms with Gasteiger partial charge in [-0.2, -0.15) is 0 Å². The van der Waals surface area contributed by atoms with E-state index in [9.17, 15) is 14.9 Å². The molecule has 16 heavy (non-hydrogen) atoms. The van der Waals surface area contributed by atoms with Crippen LogP contribution in [0.5, 0.6) is 0 Å². The first-order valence-corrected chi connectivity index (χ1v) is 4.93. The molecule has 0 saturated carbocycles. The van der Waals surface area contributed by atoms with Gasteiger partial charge in [0.25, 0.3) is 11.2 Å². The van der Waals surface area contributed by atoms with Crippen LogP contribution in [0.2, 0.25) is 0 Å². The van der Waals surface area contributed by atoms with Gasteiger partial charge in [-0.3, -0.25) is 14.9 Å². The van der Waals surface area contributed by atoms with Crippen molar-refractivity contribution in [2.45, 2.75) is 13.5 Å². The van der Waals surface area contributed by atoms with E-state index in [1.807, 2.05) is 19.0 Å². The Morgan fingerprint density at radius 3 is 2.56 bits per heavy atom. The zero-order valence-electron chi connectivity index (χ0n) is 9.64. The molecular formula is C10H15N3O3. The normalized spacial score (nSPS) is 10.8. The Kier molecular flexibility index (Phi) is 3.78. The summed E-state index contributed by atoms with van der Waals surface area (Å²) in [6.07, 6.45) is 0. The highest BCUT2D eigenvalue weighted by atomic mass is 16.6. The first-order valence-electron chi connectivity index (χ1n) is 4.93. The molecule has 0 unspecified atom stereocenters. The zero-order valence-corrected chi connectivity index (χ0v) is 9.64. The van der Waals surface area contributed by atoms with Crippen molar-refractivity contribution in [3.8, 4) is 0 Å². The predicted molar refractivity (Wildman–Crippen MR) is 60.6 cm³/mol.